The molecule has 1 saturated carbocycles. The zero-order chi connectivity index (χ0) is 32.6. The molecule has 0 radical (unpaired) electrons. The lowest BCUT2D eigenvalue weighted by Gasteiger charge is -2.27. The van der Waals surface area contributed by atoms with E-state index < -0.39 is 0 Å². The molecule has 0 saturated heterocycles. The number of amides is 1. The van der Waals surface area contributed by atoms with Crippen LogP contribution in [0.2, 0.25) is 0 Å². The Labute approximate surface area is 267 Å². The van der Waals surface area contributed by atoms with Gasteiger partial charge in [-0.25, -0.2) is 0 Å². The Kier molecular flexibility index (Phi) is 22.9. The van der Waals surface area contributed by atoms with Crippen LogP contribution in [0.25, 0.3) is 5.57 Å². The van der Waals surface area contributed by atoms with Gasteiger partial charge in [0.25, 0.3) is 5.91 Å². The molecular formula is C41H65NO. The Morgan fingerprint density at radius 2 is 1.37 bits per heavy atom. The number of benzene rings is 2. The fraction of sp³-hybridized carbons (Fsp3) is 0.537. The highest BCUT2D eigenvalue weighted by molar-refractivity contribution is 6.07. The molecule has 1 fully saturated rings. The minimum absolute atomic E-state index is 0.0736. The van der Waals surface area contributed by atoms with Crippen LogP contribution < -0.4 is 5.32 Å². The second kappa shape index (κ2) is 24.6. The molecule has 2 nitrogen and oxygen atoms in total. The molecule has 2 aliphatic rings. The molecule has 43 heavy (non-hydrogen) atoms. The zero-order valence-electron chi connectivity index (χ0n) is 29.8. The van der Waals surface area contributed by atoms with E-state index in [2.05, 4.69) is 97.1 Å². The van der Waals surface area contributed by atoms with E-state index in [1.165, 1.54) is 72.8 Å². The average Bonchev–Trinajstić information content (AvgIpc) is 3.36. The highest BCUT2D eigenvalue weighted by atomic mass is 16.2. The Hall–Kier alpha value is -2.87. The van der Waals surface area contributed by atoms with Crippen LogP contribution in [0.4, 0.5) is 0 Å². The minimum atomic E-state index is 0.0736. The van der Waals surface area contributed by atoms with E-state index in [0.29, 0.717) is 0 Å². The Balaban J connectivity index is 0.000000849. The normalized spacial score (nSPS) is 16.3. The van der Waals surface area contributed by atoms with Gasteiger partial charge < -0.3 is 5.32 Å². The SMILES string of the molecule is C/C=C1\NC(=O)C(CC)=C1C(=C1CCC(CC)CC1)c1ccccc1C.CC.CCC.CCCCC.Cc1ccccc1. The summed E-state index contributed by atoms with van der Waals surface area (Å²) in [6.07, 6.45) is 14.2. The molecule has 2 aromatic rings. The van der Waals surface area contributed by atoms with Crippen LogP contribution in [-0.2, 0) is 4.79 Å². The van der Waals surface area contributed by atoms with Gasteiger partial charge in [0.15, 0.2) is 0 Å². The van der Waals surface area contributed by atoms with Gasteiger partial charge in [-0.1, -0.05) is 159 Å². The number of carbonyl (C=O) groups excluding carboxylic acids is 1. The Morgan fingerprint density at radius 1 is 0.837 bits per heavy atom. The van der Waals surface area contributed by atoms with E-state index in [-0.39, 0.29) is 5.91 Å². The van der Waals surface area contributed by atoms with Crippen LogP contribution in [0.3, 0.4) is 0 Å². The first-order valence-corrected chi connectivity index (χ1v) is 17.3. The van der Waals surface area contributed by atoms with E-state index in [0.717, 1.165) is 42.0 Å². The number of nitrogens with one attached hydrogen (secondary N) is 1. The Bertz CT molecular complexity index is 1110. The second-order valence-corrected chi connectivity index (χ2v) is 11.2. The van der Waals surface area contributed by atoms with Crippen LogP contribution >= 0.6 is 0 Å². The number of carbonyl (C=O) groups is 1. The lowest BCUT2D eigenvalue weighted by atomic mass is 9.78. The van der Waals surface area contributed by atoms with Crippen LogP contribution in [0.15, 0.2) is 83.1 Å². The van der Waals surface area contributed by atoms with Gasteiger partial charge in [0, 0.05) is 16.8 Å². The first kappa shape index (κ1) is 40.1. The molecule has 2 heteroatoms. The largest absolute Gasteiger partial charge is 0.322 e. The fourth-order valence-electron chi connectivity index (χ4n) is 5.30. The maximum absolute atomic E-state index is 12.6. The van der Waals surface area contributed by atoms with Crippen molar-refractivity contribution in [3.8, 4) is 0 Å². The maximum Gasteiger partial charge on any atom is 0.252 e. The van der Waals surface area contributed by atoms with Crippen LogP contribution in [0.5, 0.6) is 0 Å². The van der Waals surface area contributed by atoms with Gasteiger partial charge in [-0.2, -0.15) is 0 Å². The van der Waals surface area contributed by atoms with Crippen molar-refractivity contribution in [1.29, 1.82) is 0 Å². The van der Waals surface area contributed by atoms with Crippen molar-refractivity contribution in [3.63, 3.8) is 0 Å². The van der Waals surface area contributed by atoms with Gasteiger partial charge in [-0.15, -0.1) is 0 Å². The van der Waals surface area contributed by atoms with Gasteiger partial charge in [0.1, 0.15) is 0 Å². The predicted octanol–water partition coefficient (Wildman–Crippen LogP) is 12.7. The molecule has 0 unspecified atom stereocenters. The van der Waals surface area contributed by atoms with Gasteiger partial charge >= 0.3 is 0 Å². The molecule has 240 valence electrons. The number of hydrogen-bond acceptors (Lipinski definition) is 1. The van der Waals surface area contributed by atoms with Crippen LogP contribution in [0, 0.1) is 19.8 Å². The first-order valence-electron chi connectivity index (χ1n) is 17.3. The third kappa shape index (κ3) is 14.0. The van der Waals surface area contributed by atoms with Crippen molar-refractivity contribution in [2.75, 3.05) is 0 Å². The van der Waals surface area contributed by atoms with E-state index in [9.17, 15) is 4.79 Å². The summed E-state index contributed by atoms with van der Waals surface area (Å²) in [5.74, 6) is 0.922. The molecule has 2 aromatic carbocycles. The molecule has 0 aromatic heterocycles. The van der Waals surface area contributed by atoms with Crippen molar-refractivity contribution in [2.24, 2.45) is 5.92 Å². The monoisotopic (exact) mass is 588 g/mol. The molecular weight excluding hydrogens is 522 g/mol. The standard InChI is InChI=1S/C24H31NO.C7H8.C5H12.C3H8.C2H6/c1-5-17-12-14-18(15-13-17)22(20-11-9-8-10-16(20)4)23-19(6-2)24(26)25-21(23)7-3;1-7-5-3-2-4-6-7;1-3-5-4-2;1-3-2;1-2/h7-11,17H,5-6,12-15H2,1-4H3,(H,25,26);2-6H,1H3;3-5H2,1-2H3;3H2,1-2H3;1-2H3/b21-7-,22-18?;;;;. The zero-order valence-corrected chi connectivity index (χ0v) is 29.8. The van der Waals surface area contributed by atoms with E-state index >= 15 is 0 Å². The summed E-state index contributed by atoms with van der Waals surface area (Å²) < 4.78 is 0. The predicted molar refractivity (Wildman–Crippen MR) is 193 cm³/mol. The third-order valence-corrected chi connectivity index (χ3v) is 7.69. The first-order chi connectivity index (χ1) is 20.8. The third-order valence-electron chi connectivity index (χ3n) is 7.69. The molecule has 0 atom stereocenters. The van der Waals surface area contributed by atoms with Crippen molar-refractivity contribution in [2.45, 2.75) is 140 Å². The summed E-state index contributed by atoms with van der Waals surface area (Å²) in [4.78, 5) is 12.6. The summed E-state index contributed by atoms with van der Waals surface area (Å²) in [5, 5.41) is 3.10. The van der Waals surface area contributed by atoms with Crippen LogP contribution in [0.1, 0.15) is 143 Å². The molecule has 0 bridgehead atoms. The summed E-state index contributed by atoms with van der Waals surface area (Å²) in [7, 11) is 0. The number of rotatable bonds is 6. The van der Waals surface area contributed by atoms with E-state index in [1.807, 2.05) is 45.0 Å². The number of allylic oxidation sites excluding steroid dienone is 3. The second-order valence-electron chi connectivity index (χ2n) is 11.2. The molecule has 1 heterocycles. The molecule has 0 spiro atoms. The molecule has 4 rings (SSSR count). The highest BCUT2D eigenvalue weighted by Gasteiger charge is 2.31. The van der Waals surface area contributed by atoms with Crippen molar-refractivity contribution in [1.82, 2.24) is 5.32 Å². The molecule has 1 N–H and O–H groups in total. The topological polar surface area (TPSA) is 29.1 Å². The lowest BCUT2D eigenvalue weighted by Crippen LogP contribution is -2.16. The maximum atomic E-state index is 12.6. The van der Waals surface area contributed by atoms with Crippen LogP contribution in [-0.4, -0.2) is 5.91 Å². The summed E-state index contributed by atoms with van der Waals surface area (Å²) >= 11 is 0. The van der Waals surface area contributed by atoms with Crippen molar-refractivity contribution < 1.29 is 4.79 Å². The average molecular weight is 588 g/mol. The highest BCUT2D eigenvalue weighted by Crippen LogP contribution is 2.43. The summed E-state index contributed by atoms with van der Waals surface area (Å²) in [5.41, 5.74) is 9.81. The number of aryl methyl sites for hydroxylation is 2. The summed E-state index contributed by atoms with van der Waals surface area (Å²) in [6.45, 7) is 23.3. The molecule has 1 aliphatic heterocycles. The van der Waals surface area contributed by atoms with Gasteiger partial charge in [0.05, 0.1) is 0 Å². The smallest absolute Gasteiger partial charge is 0.252 e. The quantitative estimate of drug-likeness (QED) is 0.358. The van der Waals surface area contributed by atoms with Gasteiger partial charge in [-0.3, -0.25) is 4.79 Å². The minimum Gasteiger partial charge on any atom is -0.322 e. The Morgan fingerprint density at radius 3 is 1.77 bits per heavy atom. The van der Waals surface area contributed by atoms with E-state index in [1.54, 1.807) is 0 Å². The lowest BCUT2D eigenvalue weighted by molar-refractivity contribution is -0.116. The van der Waals surface area contributed by atoms with Gasteiger partial charge in [-0.05, 0) is 75.5 Å². The molecule has 1 aliphatic carbocycles. The van der Waals surface area contributed by atoms with Crippen molar-refractivity contribution in [3.05, 3.63) is 99.8 Å². The van der Waals surface area contributed by atoms with Crippen molar-refractivity contribution >= 4 is 11.5 Å². The summed E-state index contributed by atoms with van der Waals surface area (Å²) in [6, 6.07) is 18.9. The number of unbranched alkanes of at least 4 members (excludes halogenated alkanes) is 2. The molecule has 1 amide bonds. The van der Waals surface area contributed by atoms with Gasteiger partial charge in [0.2, 0.25) is 0 Å². The van der Waals surface area contributed by atoms with E-state index in [4.69, 9.17) is 0 Å². The number of hydrogen-bond donors (Lipinski definition) is 1. The fourth-order valence-corrected chi connectivity index (χ4v) is 5.30.